The van der Waals surface area contributed by atoms with Crippen molar-refractivity contribution in [3.05, 3.63) is 101 Å². The summed E-state index contributed by atoms with van der Waals surface area (Å²) in [5.41, 5.74) is 4.89. The highest BCUT2D eigenvalue weighted by molar-refractivity contribution is 6.32. The summed E-state index contributed by atoms with van der Waals surface area (Å²) in [6.07, 6.45) is 6.40. The van der Waals surface area contributed by atoms with Crippen LogP contribution in [0.4, 0.5) is 0 Å². The van der Waals surface area contributed by atoms with Gasteiger partial charge >= 0.3 is 0 Å². The molecule has 8 rings (SSSR count). The number of amides is 2. The number of rotatable bonds is 4. The van der Waals surface area contributed by atoms with E-state index in [1.807, 2.05) is 65.7 Å². The molecular weight excluding hydrogens is 701 g/mol. The highest BCUT2D eigenvalue weighted by Crippen LogP contribution is 2.34. The minimum Gasteiger partial charge on any atom is -0.343 e. The van der Waals surface area contributed by atoms with Crippen molar-refractivity contribution in [2.24, 2.45) is 14.1 Å². The van der Waals surface area contributed by atoms with Crippen molar-refractivity contribution in [3.63, 3.8) is 0 Å². The molecule has 2 aromatic carbocycles. The van der Waals surface area contributed by atoms with Crippen LogP contribution in [0, 0.1) is 0 Å². The van der Waals surface area contributed by atoms with E-state index in [1.54, 1.807) is 65.1 Å². The molecule has 0 bridgehead atoms. The Bertz CT molecular complexity index is 2490. The summed E-state index contributed by atoms with van der Waals surface area (Å²) in [7, 11) is 10.6. The van der Waals surface area contributed by atoms with Crippen LogP contribution in [0.5, 0.6) is 0 Å². The second kappa shape index (κ2) is 13.6. The Labute approximate surface area is 307 Å². The number of fused-ring (bicyclic) bond motifs is 6. The Morgan fingerprint density at radius 3 is 1.56 bits per heavy atom. The van der Waals surface area contributed by atoms with Crippen LogP contribution in [0.2, 0.25) is 10.0 Å². The van der Waals surface area contributed by atoms with Crippen LogP contribution in [-0.2, 0) is 14.1 Å². The summed E-state index contributed by atoms with van der Waals surface area (Å²) in [5, 5.41) is 4.43. The van der Waals surface area contributed by atoms with Gasteiger partial charge in [0.25, 0.3) is 11.8 Å². The van der Waals surface area contributed by atoms with Crippen molar-refractivity contribution in [1.82, 2.24) is 53.8 Å². The van der Waals surface area contributed by atoms with Crippen molar-refractivity contribution >= 4 is 78.9 Å². The predicted molar refractivity (Wildman–Crippen MR) is 202 cm³/mol. The van der Waals surface area contributed by atoms with E-state index in [2.05, 4.69) is 34.9 Å². The predicted octanol–water partition coefficient (Wildman–Crippen LogP) is 6.47. The van der Waals surface area contributed by atoms with E-state index in [0.29, 0.717) is 61.2 Å². The Balaban J connectivity index is 0.000000162. The van der Waals surface area contributed by atoms with Crippen LogP contribution in [0.15, 0.2) is 79.4 Å². The average molecular weight is 733 g/mol. The van der Waals surface area contributed by atoms with E-state index in [1.165, 1.54) is 9.80 Å². The Morgan fingerprint density at radius 1 is 0.615 bits per heavy atom. The molecule has 260 valence electrons. The summed E-state index contributed by atoms with van der Waals surface area (Å²) in [4.78, 5) is 59.8. The summed E-state index contributed by atoms with van der Waals surface area (Å²) in [5.74, 6) is 0.384. The molecule has 15 heteroatoms. The summed E-state index contributed by atoms with van der Waals surface area (Å²) in [6.45, 7) is 0. The summed E-state index contributed by atoms with van der Waals surface area (Å²) >= 11 is 12.3. The lowest BCUT2D eigenvalue weighted by atomic mass is 10.1. The van der Waals surface area contributed by atoms with E-state index in [4.69, 9.17) is 23.2 Å². The lowest BCUT2D eigenvalue weighted by molar-refractivity contribution is 0.0817. The van der Waals surface area contributed by atoms with Crippen molar-refractivity contribution in [1.29, 1.82) is 0 Å². The van der Waals surface area contributed by atoms with Gasteiger partial charge in [-0.1, -0.05) is 41.4 Å². The number of carbonyl (C=O) groups excluding carboxylic acids is 2. The van der Waals surface area contributed by atoms with E-state index in [0.717, 1.165) is 27.2 Å². The fraction of sp³-hybridized carbons (Fsp3) is 0.162. The molecule has 0 saturated heterocycles. The molecule has 6 heterocycles. The van der Waals surface area contributed by atoms with Gasteiger partial charge in [0.05, 0.1) is 28.0 Å². The number of aromatic nitrogens is 9. The highest BCUT2D eigenvalue weighted by Gasteiger charge is 2.24. The number of hydrogen-bond acceptors (Lipinski definition) is 9. The minimum atomic E-state index is -0.204. The third kappa shape index (κ3) is 6.03. The molecule has 0 unspecified atom stereocenters. The molecule has 0 aliphatic carbocycles. The molecule has 0 spiro atoms. The molecule has 8 aromatic rings. The van der Waals surface area contributed by atoms with Crippen LogP contribution in [-0.4, -0.2) is 93.8 Å². The first kappa shape index (κ1) is 34.4. The quantitative estimate of drug-likeness (QED) is 0.199. The topological polar surface area (TPSA) is 141 Å². The second-order valence-corrected chi connectivity index (χ2v) is 13.2. The number of pyridine rings is 1. The van der Waals surface area contributed by atoms with Gasteiger partial charge in [-0.2, -0.15) is 0 Å². The lowest BCUT2D eigenvalue weighted by Crippen LogP contribution is -2.23. The summed E-state index contributed by atoms with van der Waals surface area (Å²) in [6, 6.07) is 16.6. The third-order valence-electron chi connectivity index (χ3n) is 8.50. The monoisotopic (exact) mass is 731 g/mol. The molecule has 0 aliphatic rings. The maximum atomic E-state index is 12.8. The standard InChI is InChI=1S/C19H16ClN5O.C18H15ClN6O/c1-24(2)19(26)16-15-12-8-7-11(20)10-14(12)25(3)18(15)23-17(22-16)13-6-4-5-9-21-13;1-24(2)18(26)15-14-11-5-4-10(19)8-13(11)25(3)17(14)23-16(22-15)12-9-20-6-7-21-12/h4-10H,1-3H3;4-9H,1-3H3. The fourth-order valence-corrected chi connectivity index (χ4v) is 6.30. The average Bonchev–Trinajstić information content (AvgIpc) is 3.60. The van der Waals surface area contributed by atoms with Crippen molar-refractivity contribution in [2.75, 3.05) is 28.2 Å². The maximum Gasteiger partial charge on any atom is 0.272 e. The zero-order chi connectivity index (χ0) is 36.8. The number of halogens is 2. The highest BCUT2D eigenvalue weighted by atomic mass is 35.5. The van der Waals surface area contributed by atoms with E-state index < -0.39 is 0 Å². The van der Waals surface area contributed by atoms with Gasteiger partial charge in [0.2, 0.25) is 0 Å². The molecule has 0 fully saturated rings. The minimum absolute atomic E-state index is 0.183. The van der Waals surface area contributed by atoms with Gasteiger partial charge in [0, 0.05) is 81.7 Å². The molecule has 0 saturated carbocycles. The van der Waals surface area contributed by atoms with Gasteiger partial charge in [0.1, 0.15) is 34.1 Å². The maximum absolute atomic E-state index is 12.8. The molecule has 6 aromatic heterocycles. The number of carbonyl (C=O) groups is 2. The first-order chi connectivity index (χ1) is 24.9. The van der Waals surface area contributed by atoms with Gasteiger partial charge in [0.15, 0.2) is 11.6 Å². The molecule has 0 radical (unpaired) electrons. The third-order valence-corrected chi connectivity index (χ3v) is 8.97. The second-order valence-electron chi connectivity index (χ2n) is 12.3. The molecule has 0 aliphatic heterocycles. The zero-order valence-corrected chi connectivity index (χ0v) is 30.5. The SMILES string of the molecule is CN(C)C(=O)c1nc(-c2ccccn2)nc2c1c1ccc(Cl)cc1n2C.CN(C)C(=O)c1nc(-c2cnccn2)nc2c1c1ccc(Cl)cc1n2C. The normalized spacial score (nSPS) is 11.2. The van der Waals surface area contributed by atoms with Gasteiger partial charge in [-0.3, -0.25) is 19.6 Å². The smallest absolute Gasteiger partial charge is 0.272 e. The molecule has 0 N–H and O–H groups in total. The van der Waals surface area contributed by atoms with Crippen molar-refractivity contribution < 1.29 is 9.59 Å². The van der Waals surface area contributed by atoms with E-state index in [9.17, 15) is 9.59 Å². The fourth-order valence-electron chi connectivity index (χ4n) is 5.97. The summed E-state index contributed by atoms with van der Waals surface area (Å²) < 4.78 is 3.83. The molecule has 0 atom stereocenters. The van der Waals surface area contributed by atoms with E-state index in [-0.39, 0.29) is 11.8 Å². The molecule has 13 nitrogen and oxygen atoms in total. The number of aryl methyl sites for hydroxylation is 2. The first-order valence-corrected chi connectivity index (χ1v) is 16.7. The number of hydrogen-bond donors (Lipinski definition) is 0. The Kier molecular flexibility index (Phi) is 8.99. The lowest BCUT2D eigenvalue weighted by Gasteiger charge is -2.12. The van der Waals surface area contributed by atoms with Gasteiger partial charge in [-0.05, 0) is 36.4 Å². The number of nitrogens with zero attached hydrogens (tertiary/aromatic N) is 11. The first-order valence-electron chi connectivity index (χ1n) is 16.0. The van der Waals surface area contributed by atoms with Gasteiger partial charge in [-0.25, -0.2) is 24.9 Å². The van der Waals surface area contributed by atoms with Crippen LogP contribution >= 0.6 is 23.2 Å². The zero-order valence-electron chi connectivity index (χ0n) is 29.0. The largest absolute Gasteiger partial charge is 0.343 e. The molecule has 2 amide bonds. The van der Waals surface area contributed by atoms with Gasteiger partial charge < -0.3 is 18.9 Å². The number of benzene rings is 2. The van der Waals surface area contributed by atoms with Crippen LogP contribution in [0.3, 0.4) is 0 Å². The van der Waals surface area contributed by atoms with Crippen LogP contribution in [0.1, 0.15) is 21.0 Å². The van der Waals surface area contributed by atoms with Crippen LogP contribution < -0.4 is 0 Å². The molecule has 52 heavy (non-hydrogen) atoms. The van der Waals surface area contributed by atoms with Crippen molar-refractivity contribution in [3.8, 4) is 23.0 Å². The Hall–Kier alpha value is -6.05. The van der Waals surface area contributed by atoms with Gasteiger partial charge in [-0.15, -0.1) is 0 Å². The van der Waals surface area contributed by atoms with E-state index >= 15 is 0 Å². The molecular formula is C37H31Cl2N11O2. The van der Waals surface area contributed by atoms with Crippen LogP contribution in [0.25, 0.3) is 66.9 Å². The Morgan fingerprint density at radius 2 is 1.12 bits per heavy atom. The van der Waals surface area contributed by atoms with Crippen molar-refractivity contribution in [2.45, 2.75) is 0 Å².